The minimum atomic E-state index is -3.35. The van der Waals surface area contributed by atoms with E-state index in [0.29, 0.717) is 12.2 Å². The van der Waals surface area contributed by atoms with Gasteiger partial charge in [0, 0.05) is 0 Å². The normalized spacial score (nSPS) is 14.7. The predicted octanol–water partition coefficient (Wildman–Crippen LogP) is 6.44. The van der Waals surface area contributed by atoms with E-state index in [1.54, 1.807) is 12.1 Å². The van der Waals surface area contributed by atoms with Gasteiger partial charge < -0.3 is 14.6 Å². The Bertz CT molecular complexity index is 816. The standard InChI is InChI=1S/C23H32NO4P/c1-18(2)16-21(24-22(25)27-17-19-12-8-6-9-13-19)29(26,23(3,4)5)28-20-14-10-7-11-15-20/h6-15,18,21H,16-17H2,1-5H3,(H,24,25). The van der Waals surface area contributed by atoms with E-state index in [9.17, 15) is 9.36 Å². The van der Waals surface area contributed by atoms with E-state index in [1.165, 1.54) is 0 Å². The van der Waals surface area contributed by atoms with Crippen LogP contribution >= 0.6 is 7.37 Å². The van der Waals surface area contributed by atoms with Gasteiger partial charge in [-0.1, -0.05) is 62.4 Å². The molecule has 29 heavy (non-hydrogen) atoms. The summed E-state index contributed by atoms with van der Waals surface area (Å²) in [5.41, 5.74) is 0.891. The van der Waals surface area contributed by atoms with Crippen LogP contribution in [-0.2, 0) is 15.9 Å². The third-order valence-corrected chi connectivity index (χ3v) is 8.03. The van der Waals surface area contributed by atoms with Crippen LogP contribution in [0.2, 0.25) is 0 Å². The highest BCUT2D eigenvalue weighted by molar-refractivity contribution is 7.61. The monoisotopic (exact) mass is 417 g/mol. The van der Waals surface area contributed by atoms with Gasteiger partial charge in [-0.25, -0.2) is 4.79 Å². The van der Waals surface area contributed by atoms with Gasteiger partial charge >= 0.3 is 6.09 Å². The Labute approximate surface area is 174 Å². The topological polar surface area (TPSA) is 64.6 Å². The second-order valence-corrected chi connectivity index (χ2v) is 11.9. The van der Waals surface area contributed by atoms with E-state index < -0.39 is 24.4 Å². The lowest BCUT2D eigenvalue weighted by molar-refractivity contribution is 0.137. The van der Waals surface area contributed by atoms with Crippen molar-refractivity contribution in [1.29, 1.82) is 0 Å². The summed E-state index contributed by atoms with van der Waals surface area (Å²) in [5.74, 6) is 0.0782. The van der Waals surface area contributed by atoms with Gasteiger partial charge in [0.25, 0.3) is 7.37 Å². The van der Waals surface area contributed by atoms with Crippen molar-refractivity contribution in [2.75, 3.05) is 0 Å². The molecule has 2 atom stereocenters. The third kappa shape index (κ3) is 6.64. The summed E-state index contributed by atoms with van der Waals surface area (Å²) < 4.78 is 25.6. The van der Waals surface area contributed by atoms with Crippen molar-refractivity contribution in [2.24, 2.45) is 5.92 Å². The van der Waals surface area contributed by atoms with Gasteiger partial charge in [0.1, 0.15) is 18.1 Å². The first-order valence-electron chi connectivity index (χ1n) is 9.93. The summed E-state index contributed by atoms with van der Waals surface area (Å²) in [6, 6.07) is 18.6. The molecule has 2 rings (SSSR count). The summed E-state index contributed by atoms with van der Waals surface area (Å²) in [5, 5.41) is 2.17. The molecule has 2 aromatic carbocycles. The second-order valence-electron chi connectivity index (χ2n) is 8.52. The van der Waals surface area contributed by atoms with Crippen LogP contribution in [0.3, 0.4) is 0 Å². The van der Waals surface area contributed by atoms with Crippen molar-refractivity contribution in [3.8, 4) is 5.75 Å². The van der Waals surface area contributed by atoms with Crippen molar-refractivity contribution in [3.63, 3.8) is 0 Å². The fourth-order valence-corrected chi connectivity index (χ4v) is 5.68. The average molecular weight is 417 g/mol. The van der Waals surface area contributed by atoms with Crippen LogP contribution in [0.25, 0.3) is 0 Å². The van der Waals surface area contributed by atoms with Gasteiger partial charge in [-0.05, 0) is 50.8 Å². The van der Waals surface area contributed by atoms with Crippen molar-refractivity contribution >= 4 is 13.5 Å². The molecule has 0 aromatic heterocycles. The molecule has 0 radical (unpaired) electrons. The molecule has 0 aliphatic rings. The number of rotatable bonds is 8. The number of para-hydroxylation sites is 1. The van der Waals surface area contributed by atoms with Gasteiger partial charge in [0.05, 0.1) is 5.16 Å². The Kier molecular flexibility index (Phi) is 7.92. The third-order valence-electron chi connectivity index (χ3n) is 4.52. The molecule has 0 fully saturated rings. The van der Waals surface area contributed by atoms with Gasteiger partial charge in [-0.3, -0.25) is 4.57 Å². The van der Waals surface area contributed by atoms with Crippen LogP contribution in [0.5, 0.6) is 5.75 Å². The van der Waals surface area contributed by atoms with Crippen molar-refractivity contribution in [2.45, 2.75) is 58.6 Å². The molecular weight excluding hydrogens is 385 g/mol. The molecule has 158 valence electrons. The van der Waals surface area contributed by atoms with Crippen molar-refractivity contribution < 1.29 is 18.6 Å². The van der Waals surface area contributed by atoms with E-state index in [2.05, 4.69) is 5.32 Å². The number of nitrogens with one attached hydrogen (secondary N) is 1. The zero-order chi connectivity index (χ0) is 21.5. The first-order chi connectivity index (χ1) is 13.6. The Morgan fingerprint density at radius 3 is 2.07 bits per heavy atom. The van der Waals surface area contributed by atoms with Crippen LogP contribution in [0.15, 0.2) is 60.7 Å². The highest BCUT2D eigenvalue weighted by Gasteiger charge is 2.47. The zero-order valence-corrected chi connectivity index (χ0v) is 18.8. The summed E-state index contributed by atoms with van der Waals surface area (Å²) in [4.78, 5) is 12.5. The quantitative estimate of drug-likeness (QED) is 0.502. The summed E-state index contributed by atoms with van der Waals surface area (Å²) in [6.45, 7) is 9.84. The molecule has 0 bridgehead atoms. The van der Waals surface area contributed by atoms with Gasteiger partial charge in [-0.15, -0.1) is 0 Å². The predicted molar refractivity (Wildman–Crippen MR) is 117 cm³/mol. The number of hydrogen-bond donors (Lipinski definition) is 1. The zero-order valence-electron chi connectivity index (χ0n) is 17.9. The average Bonchev–Trinajstić information content (AvgIpc) is 2.66. The van der Waals surface area contributed by atoms with E-state index in [1.807, 2.05) is 83.1 Å². The van der Waals surface area contributed by atoms with Crippen molar-refractivity contribution in [1.82, 2.24) is 5.32 Å². The van der Waals surface area contributed by atoms with E-state index >= 15 is 0 Å². The molecule has 2 unspecified atom stereocenters. The van der Waals surface area contributed by atoms with Crippen LogP contribution in [-0.4, -0.2) is 17.0 Å². The van der Waals surface area contributed by atoms with E-state index in [0.717, 1.165) is 5.56 Å². The fraction of sp³-hybridized carbons (Fsp3) is 0.435. The number of carbonyl (C=O) groups excluding carboxylic acids is 1. The molecule has 0 aliphatic heterocycles. The number of carbonyl (C=O) groups is 1. The summed E-state index contributed by atoms with van der Waals surface area (Å²) in [7, 11) is -3.35. The Hall–Kier alpha value is -2.26. The molecule has 0 saturated carbocycles. The van der Waals surface area contributed by atoms with Gasteiger partial charge in [0.2, 0.25) is 0 Å². The molecule has 0 saturated heterocycles. The smallest absolute Gasteiger partial charge is 0.408 e. The van der Waals surface area contributed by atoms with Crippen LogP contribution < -0.4 is 9.84 Å². The fourth-order valence-electron chi connectivity index (χ4n) is 2.94. The number of ether oxygens (including phenoxy) is 1. The highest BCUT2D eigenvalue weighted by atomic mass is 31.2. The first-order valence-corrected chi connectivity index (χ1v) is 11.6. The Morgan fingerprint density at radius 1 is 1.00 bits per heavy atom. The second kappa shape index (κ2) is 9.98. The number of benzene rings is 2. The van der Waals surface area contributed by atoms with E-state index in [4.69, 9.17) is 9.26 Å². The maximum Gasteiger partial charge on any atom is 0.408 e. The molecule has 0 heterocycles. The molecule has 6 heteroatoms. The molecule has 5 nitrogen and oxygen atoms in total. The summed E-state index contributed by atoms with van der Waals surface area (Å²) in [6.07, 6.45) is -0.0809. The maximum atomic E-state index is 14.2. The van der Waals surface area contributed by atoms with Gasteiger partial charge in [0.15, 0.2) is 0 Å². The molecule has 1 amide bonds. The van der Waals surface area contributed by atoms with Crippen LogP contribution in [0, 0.1) is 5.92 Å². The minimum Gasteiger partial charge on any atom is -0.445 e. The van der Waals surface area contributed by atoms with Gasteiger partial charge in [-0.2, -0.15) is 0 Å². The lowest BCUT2D eigenvalue weighted by Crippen LogP contribution is -2.41. The summed E-state index contributed by atoms with van der Waals surface area (Å²) >= 11 is 0. The molecule has 2 aromatic rings. The van der Waals surface area contributed by atoms with Crippen LogP contribution in [0.4, 0.5) is 4.79 Å². The number of hydrogen-bond acceptors (Lipinski definition) is 4. The first kappa shape index (κ1) is 23.0. The van der Waals surface area contributed by atoms with Crippen molar-refractivity contribution in [3.05, 3.63) is 66.2 Å². The lowest BCUT2D eigenvalue weighted by atomic mass is 10.1. The molecule has 0 spiro atoms. The highest BCUT2D eigenvalue weighted by Crippen LogP contribution is 2.62. The maximum absolute atomic E-state index is 14.2. The number of amides is 1. The SMILES string of the molecule is CC(C)CC(NC(=O)OCc1ccccc1)P(=O)(Oc1ccccc1)C(C)(C)C. The molecular formula is C23H32NO4P. The number of alkyl carbamates (subject to hydrolysis) is 1. The molecule has 0 aliphatic carbocycles. The van der Waals surface area contributed by atoms with Crippen LogP contribution in [0.1, 0.15) is 46.6 Å². The minimum absolute atomic E-state index is 0.153. The lowest BCUT2D eigenvalue weighted by Gasteiger charge is -2.37. The Balaban J connectivity index is 2.21. The largest absolute Gasteiger partial charge is 0.445 e. The molecule has 1 N–H and O–H groups in total. The van der Waals surface area contributed by atoms with E-state index in [-0.39, 0.29) is 12.5 Å². The Morgan fingerprint density at radius 2 is 1.55 bits per heavy atom.